The van der Waals surface area contributed by atoms with Crippen LogP contribution in [0.4, 0.5) is 17.6 Å². The van der Waals surface area contributed by atoms with E-state index in [4.69, 9.17) is 0 Å². The van der Waals surface area contributed by atoms with E-state index < -0.39 is 23.5 Å². The smallest absolute Gasteiger partial charge is 0.426 e. The summed E-state index contributed by atoms with van der Waals surface area (Å²) in [5.74, 6) is 0.0704. The molecule has 2 fully saturated rings. The molecule has 2 aliphatic carbocycles. The summed E-state index contributed by atoms with van der Waals surface area (Å²) in [5.41, 5.74) is 0.670. The largest absolute Gasteiger partial charge is 0.426 e. The summed E-state index contributed by atoms with van der Waals surface area (Å²) in [6.07, 6.45) is 9.00. The number of hydrogen-bond acceptors (Lipinski definition) is 1. The molecule has 0 bridgehead atoms. The minimum Gasteiger partial charge on any atom is -0.426 e. The second-order valence-corrected chi connectivity index (χ2v) is 10.7. The quantitative estimate of drug-likeness (QED) is 0.362. The van der Waals surface area contributed by atoms with Crippen LogP contribution in [0.25, 0.3) is 0 Å². The Morgan fingerprint density at radius 3 is 2.00 bits per heavy atom. The average Bonchev–Trinajstić information content (AvgIpc) is 2.84. The Bertz CT molecular complexity index is 939. The van der Waals surface area contributed by atoms with Gasteiger partial charge in [0.25, 0.3) is 0 Å². The Kier molecular flexibility index (Phi) is 7.89. The molecule has 4 rings (SSSR count). The minimum absolute atomic E-state index is 0.0367. The fraction of sp³-hybridized carbons (Fsp3) is 0.586. The molecule has 2 aromatic carbocycles. The molecule has 0 saturated heterocycles. The number of benzene rings is 2. The van der Waals surface area contributed by atoms with Crippen molar-refractivity contribution in [1.29, 1.82) is 0 Å². The highest BCUT2D eigenvalue weighted by molar-refractivity contribution is 5.32. The molecule has 5 heteroatoms. The van der Waals surface area contributed by atoms with Crippen molar-refractivity contribution in [2.75, 3.05) is 0 Å². The first kappa shape index (κ1) is 25.1. The molecule has 0 aliphatic heterocycles. The maximum Gasteiger partial charge on any atom is 0.426 e. The van der Waals surface area contributed by atoms with E-state index in [1.54, 1.807) is 12.1 Å². The molecular formula is C29H36F4O. The van der Waals surface area contributed by atoms with Gasteiger partial charge in [-0.15, -0.1) is 0 Å². The van der Waals surface area contributed by atoms with Crippen molar-refractivity contribution in [2.24, 2.45) is 23.7 Å². The van der Waals surface area contributed by atoms with Gasteiger partial charge in [-0.1, -0.05) is 50.8 Å². The van der Waals surface area contributed by atoms with E-state index in [1.165, 1.54) is 76.5 Å². The topological polar surface area (TPSA) is 9.23 Å². The molecule has 0 spiro atoms. The summed E-state index contributed by atoms with van der Waals surface area (Å²) in [6.45, 7) is 3.74. The Morgan fingerprint density at radius 2 is 1.38 bits per heavy atom. The molecule has 0 radical (unpaired) electrons. The predicted molar refractivity (Wildman–Crippen MR) is 127 cm³/mol. The maximum atomic E-state index is 14.6. The van der Waals surface area contributed by atoms with Crippen LogP contribution in [0.3, 0.4) is 0 Å². The van der Waals surface area contributed by atoms with Crippen LogP contribution in [0.2, 0.25) is 0 Å². The number of hydrogen-bond donors (Lipinski definition) is 0. The summed E-state index contributed by atoms with van der Waals surface area (Å²) in [4.78, 5) is 0. The van der Waals surface area contributed by atoms with Gasteiger partial charge in [0.1, 0.15) is 0 Å². The van der Waals surface area contributed by atoms with E-state index in [2.05, 4.69) is 11.7 Å². The lowest BCUT2D eigenvalue weighted by molar-refractivity contribution is -0.187. The van der Waals surface area contributed by atoms with Crippen LogP contribution in [-0.4, -0.2) is 0 Å². The van der Waals surface area contributed by atoms with E-state index in [-0.39, 0.29) is 11.1 Å². The van der Waals surface area contributed by atoms with Gasteiger partial charge in [0.15, 0.2) is 11.6 Å². The normalized spacial score (nSPS) is 25.8. The molecule has 2 saturated carbocycles. The van der Waals surface area contributed by atoms with Crippen LogP contribution in [0.15, 0.2) is 36.4 Å². The van der Waals surface area contributed by atoms with Crippen LogP contribution < -0.4 is 4.74 Å². The summed E-state index contributed by atoms with van der Waals surface area (Å²) in [7, 11) is 0. The van der Waals surface area contributed by atoms with Crippen molar-refractivity contribution in [3.05, 3.63) is 64.7 Å². The van der Waals surface area contributed by atoms with Crippen LogP contribution >= 0.6 is 0 Å². The third-order valence-corrected chi connectivity index (χ3v) is 8.23. The van der Waals surface area contributed by atoms with Crippen LogP contribution in [0.5, 0.6) is 5.75 Å². The van der Waals surface area contributed by atoms with Gasteiger partial charge >= 0.3 is 6.11 Å². The number of aryl methyl sites for hydroxylation is 2. The van der Waals surface area contributed by atoms with Gasteiger partial charge in [0.05, 0.1) is 5.56 Å². The third-order valence-electron chi connectivity index (χ3n) is 8.23. The standard InChI is InChI=1S/C29H36F4O/c1-19-3-12-23(13-4-19)24-14-8-21(9-15-24)6-7-22-10-16-25(17-11-22)29(32,33)34-26-18-5-20(2)27(30)28(26)31/h5,10-11,16-19,21,23-24H,3-4,6-9,12-15H2,1-2H3. The zero-order valence-electron chi connectivity index (χ0n) is 20.3. The zero-order chi connectivity index (χ0) is 24.3. The molecule has 2 aliphatic rings. The third kappa shape index (κ3) is 5.95. The monoisotopic (exact) mass is 476 g/mol. The molecule has 1 nitrogen and oxygen atoms in total. The van der Waals surface area contributed by atoms with Gasteiger partial charge < -0.3 is 4.74 Å². The average molecular weight is 477 g/mol. The van der Waals surface area contributed by atoms with Crippen LogP contribution in [0, 0.1) is 42.2 Å². The van der Waals surface area contributed by atoms with Crippen molar-refractivity contribution >= 4 is 0 Å². The van der Waals surface area contributed by atoms with Crippen molar-refractivity contribution < 1.29 is 22.3 Å². The van der Waals surface area contributed by atoms with Gasteiger partial charge in [0.2, 0.25) is 5.82 Å². The molecule has 34 heavy (non-hydrogen) atoms. The Morgan fingerprint density at radius 1 is 0.794 bits per heavy atom. The fourth-order valence-corrected chi connectivity index (χ4v) is 5.85. The highest BCUT2D eigenvalue weighted by Gasteiger charge is 2.36. The lowest BCUT2D eigenvalue weighted by Crippen LogP contribution is -2.25. The number of ether oxygens (including phenoxy) is 1. The molecule has 186 valence electrons. The van der Waals surface area contributed by atoms with E-state index in [0.29, 0.717) is 5.92 Å². The molecular weight excluding hydrogens is 440 g/mol. The van der Waals surface area contributed by atoms with Crippen molar-refractivity contribution in [3.63, 3.8) is 0 Å². The van der Waals surface area contributed by atoms with Crippen molar-refractivity contribution in [2.45, 2.75) is 84.2 Å². The molecule has 0 N–H and O–H groups in total. The maximum absolute atomic E-state index is 14.6. The van der Waals surface area contributed by atoms with Crippen LogP contribution in [-0.2, 0) is 12.5 Å². The van der Waals surface area contributed by atoms with Gasteiger partial charge in [-0.25, -0.2) is 4.39 Å². The molecule has 0 atom stereocenters. The summed E-state index contributed by atoms with van der Waals surface area (Å²) in [6, 6.07) is 8.26. The first-order valence-electron chi connectivity index (χ1n) is 12.8. The summed E-state index contributed by atoms with van der Waals surface area (Å²) in [5, 5.41) is 0. The predicted octanol–water partition coefficient (Wildman–Crippen LogP) is 8.97. The molecule has 0 amide bonds. The fourth-order valence-electron chi connectivity index (χ4n) is 5.85. The lowest BCUT2D eigenvalue weighted by atomic mass is 9.69. The molecule has 0 heterocycles. The SMILES string of the molecule is Cc1ccc(OC(F)(F)c2ccc(CCC3CCC(C4CCC(C)CC4)CC3)cc2)c(F)c1F. The highest BCUT2D eigenvalue weighted by atomic mass is 19.3. The zero-order valence-corrected chi connectivity index (χ0v) is 20.3. The van der Waals surface area contributed by atoms with E-state index in [1.807, 2.05) is 0 Å². The van der Waals surface area contributed by atoms with Gasteiger partial charge in [0, 0.05) is 0 Å². The summed E-state index contributed by atoms with van der Waals surface area (Å²) < 4.78 is 61.3. The van der Waals surface area contributed by atoms with E-state index in [9.17, 15) is 17.6 Å². The van der Waals surface area contributed by atoms with Gasteiger partial charge in [-0.2, -0.15) is 13.2 Å². The second kappa shape index (κ2) is 10.7. The number of halogens is 4. The van der Waals surface area contributed by atoms with E-state index in [0.717, 1.165) is 42.2 Å². The number of alkyl halides is 2. The first-order chi connectivity index (χ1) is 16.2. The number of rotatable bonds is 7. The first-order valence-corrected chi connectivity index (χ1v) is 12.8. The Balaban J connectivity index is 1.26. The highest BCUT2D eigenvalue weighted by Crippen LogP contribution is 2.42. The molecule has 0 aromatic heterocycles. The van der Waals surface area contributed by atoms with Crippen molar-refractivity contribution in [3.8, 4) is 5.75 Å². The minimum atomic E-state index is -3.75. The molecule has 2 aromatic rings. The Hall–Kier alpha value is -2.04. The summed E-state index contributed by atoms with van der Waals surface area (Å²) >= 11 is 0. The van der Waals surface area contributed by atoms with Crippen molar-refractivity contribution in [1.82, 2.24) is 0 Å². The van der Waals surface area contributed by atoms with Gasteiger partial charge in [-0.05, 0) is 98.4 Å². The second-order valence-electron chi connectivity index (χ2n) is 10.7. The van der Waals surface area contributed by atoms with Crippen LogP contribution in [0.1, 0.15) is 81.4 Å². The Labute approximate surface area is 200 Å². The van der Waals surface area contributed by atoms with E-state index >= 15 is 0 Å². The molecule has 0 unspecified atom stereocenters. The lowest BCUT2D eigenvalue weighted by Gasteiger charge is -2.37. The van der Waals surface area contributed by atoms with Gasteiger partial charge in [-0.3, -0.25) is 0 Å².